The van der Waals surface area contributed by atoms with Crippen LogP contribution in [0.2, 0.25) is 0 Å². The van der Waals surface area contributed by atoms with Crippen molar-refractivity contribution in [2.45, 2.75) is 30.2 Å². The van der Waals surface area contributed by atoms with E-state index in [-0.39, 0.29) is 23.8 Å². The van der Waals surface area contributed by atoms with Crippen LogP contribution in [0.4, 0.5) is 5.69 Å². The topological polar surface area (TPSA) is 63.1 Å². The maximum Gasteiger partial charge on any atom is 0.268 e. The van der Waals surface area contributed by atoms with Crippen molar-refractivity contribution in [3.8, 4) is 0 Å². The Balaban J connectivity index is 1.54. The van der Waals surface area contributed by atoms with Gasteiger partial charge in [0.1, 0.15) is 5.69 Å². The molecule has 0 aliphatic heterocycles. The standard InChI is InChI=1S/C19H23N3O2S/c1-22-10-4-7-17(22)19(24)21-15-9-8-13(11-15)18(23)20-14-5-3-6-16(12-14)25-2/h3-7,10,12-13,15H,8-9,11H2,1-2H3,(H,20,23)(H,21,24)/t13-,15+/m0/s1. The first-order valence-electron chi connectivity index (χ1n) is 8.44. The maximum atomic E-state index is 12.5. The van der Waals surface area contributed by atoms with Crippen LogP contribution in [-0.2, 0) is 11.8 Å². The molecule has 1 aliphatic carbocycles. The van der Waals surface area contributed by atoms with Gasteiger partial charge in [-0.05, 0) is 55.9 Å². The van der Waals surface area contributed by atoms with E-state index in [0.717, 1.165) is 23.4 Å². The van der Waals surface area contributed by atoms with Gasteiger partial charge in [-0.2, -0.15) is 0 Å². The predicted molar refractivity (Wildman–Crippen MR) is 101 cm³/mol. The van der Waals surface area contributed by atoms with Crippen molar-refractivity contribution < 1.29 is 9.59 Å². The van der Waals surface area contributed by atoms with Crippen LogP contribution in [0.5, 0.6) is 0 Å². The lowest BCUT2D eigenvalue weighted by molar-refractivity contribution is -0.119. The zero-order valence-corrected chi connectivity index (χ0v) is 15.3. The molecule has 1 saturated carbocycles. The van der Waals surface area contributed by atoms with Crippen molar-refractivity contribution >= 4 is 29.3 Å². The number of thioether (sulfide) groups is 1. The number of rotatable bonds is 5. The van der Waals surface area contributed by atoms with Crippen LogP contribution in [0.1, 0.15) is 29.8 Å². The number of carbonyl (C=O) groups is 2. The number of anilines is 1. The highest BCUT2D eigenvalue weighted by Gasteiger charge is 2.31. The van der Waals surface area contributed by atoms with Crippen LogP contribution in [0.25, 0.3) is 0 Å². The van der Waals surface area contributed by atoms with E-state index in [2.05, 4.69) is 10.6 Å². The SMILES string of the molecule is CSc1cccc(NC(=O)[C@H]2CC[C@@H](NC(=O)c3cccn3C)C2)c1. The molecule has 132 valence electrons. The highest BCUT2D eigenvalue weighted by Crippen LogP contribution is 2.28. The fraction of sp³-hybridized carbons (Fsp3) is 0.368. The molecule has 2 atom stereocenters. The minimum Gasteiger partial charge on any atom is -0.348 e. The summed E-state index contributed by atoms with van der Waals surface area (Å²) >= 11 is 1.65. The number of hydrogen-bond donors (Lipinski definition) is 2. The number of aromatic nitrogens is 1. The molecule has 2 aromatic rings. The van der Waals surface area contributed by atoms with Crippen molar-refractivity contribution in [2.24, 2.45) is 13.0 Å². The van der Waals surface area contributed by atoms with E-state index >= 15 is 0 Å². The molecule has 3 rings (SSSR count). The Morgan fingerprint density at radius 3 is 2.76 bits per heavy atom. The normalized spacial score (nSPS) is 19.6. The third-order valence-electron chi connectivity index (χ3n) is 4.65. The predicted octanol–water partition coefficient (Wildman–Crippen LogP) is 3.28. The number of hydrogen-bond acceptors (Lipinski definition) is 3. The molecule has 0 bridgehead atoms. The van der Waals surface area contributed by atoms with Crippen molar-refractivity contribution in [1.29, 1.82) is 0 Å². The summed E-state index contributed by atoms with van der Waals surface area (Å²) in [5.74, 6) is -0.100. The van der Waals surface area contributed by atoms with E-state index in [0.29, 0.717) is 12.1 Å². The highest BCUT2D eigenvalue weighted by molar-refractivity contribution is 7.98. The Hall–Kier alpha value is -2.21. The average Bonchev–Trinajstić information content (AvgIpc) is 3.24. The molecule has 0 radical (unpaired) electrons. The van der Waals surface area contributed by atoms with Gasteiger partial charge in [-0.3, -0.25) is 9.59 Å². The van der Waals surface area contributed by atoms with E-state index in [4.69, 9.17) is 0 Å². The Kier molecular flexibility index (Phi) is 5.48. The van der Waals surface area contributed by atoms with Crippen LogP contribution in [0.15, 0.2) is 47.5 Å². The molecule has 5 nitrogen and oxygen atoms in total. The van der Waals surface area contributed by atoms with Gasteiger partial charge in [0.15, 0.2) is 0 Å². The molecule has 1 fully saturated rings. The van der Waals surface area contributed by atoms with Crippen LogP contribution in [0, 0.1) is 5.92 Å². The van der Waals surface area contributed by atoms with Gasteiger partial charge in [0.25, 0.3) is 5.91 Å². The number of nitrogens with one attached hydrogen (secondary N) is 2. The molecule has 0 spiro atoms. The third-order valence-corrected chi connectivity index (χ3v) is 5.38. The zero-order valence-electron chi connectivity index (χ0n) is 14.5. The van der Waals surface area contributed by atoms with Gasteiger partial charge in [-0.15, -0.1) is 11.8 Å². The number of amides is 2. The van der Waals surface area contributed by atoms with Gasteiger partial charge in [-0.1, -0.05) is 6.07 Å². The molecule has 1 aromatic heterocycles. The first-order valence-corrected chi connectivity index (χ1v) is 9.66. The first kappa shape index (κ1) is 17.6. The summed E-state index contributed by atoms with van der Waals surface area (Å²) in [6, 6.07) is 11.5. The van der Waals surface area contributed by atoms with Gasteiger partial charge in [0.2, 0.25) is 5.91 Å². The zero-order chi connectivity index (χ0) is 17.8. The molecule has 2 N–H and O–H groups in total. The Labute approximate surface area is 152 Å². The molecule has 1 aromatic carbocycles. The number of benzene rings is 1. The summed E-state index contributed by atoms with van der Waals surface area (Å²) in [6.45, 7) is 0. The molecule has 1 heterocycles. The van der Waals surface area contributed by atoms with Crippen LogP contribution in [0.3, 0.4) is 0 Å². The van der Waals surface area contributed by atoms with Gasteiger partial charge >= 0.3 is 0 Å². The molecule has 6 heteroatoms. The van der Waals surface area contributed by atoms with Crippen LogP contribution < -0.4 is 10.6 Å². The monoisotopic (exact) mass is 357 g/mol. The number of aryl methyl sites for hydroxylation is 1. The minimum atomic E-state index is -0.0776. The fourth-order valence-corrected chi connectivity index (χ4v) is 3.71. The molecular weight excluding hydrogens is 334 g/mol. The number of carbonyl (C=O) groups excluding carboxylic acids is 2. The smallest absolute Gasteiger partial charge is 0.268 e. The minimum absolute atomic E-state index is 0.0360. The summed E-state index contributed by atoms with van der Waals surface area (Å²) < 4.78 is 1.80. The fourth-order valence-electron chi connectivity index (χ4n) is 3.25. The van der Waals surface area contributed by atoms with E-state index in [9.17, 15) is 9.59 Å². The van der Waals surface area contributed by atoms with Gasteiger partial charge in [0, 0.05) is 35.8 Å². The number of nitrogens with zero attached hydrogens (tertiary/aromatic N) is 1. The van der Waals surface area contributed by atoms with E-state index < -0.39 is 0 Å². The summed E-state index contributed by atoms with van der Waals surface area (Å²) in [5, 5.41) is 6.05. The van der Waals surface area contributed by atoms with Crippen molar-refractivity contribution in [3.05, 3.63) is 48.3 Å². The molecule has 2 amide bonds. The second-order valence-corrected chi connectivity index (χ2v) is 7.29. The summed E-state index contributed by atoms with van der Waals surface area (Å²) in [5.41, 5.74) is 1.47. The van der Waals surface area contributed by atoms with Crippen LogP contribution >= 0.6 is 11.8 Å². The molecular formula is C19H23N3O2S. The van der Waals surface area contributed by atoms with Gasteiger partial charge in [0.05, 0.1) is 0 Å². The quantitative estimate of drug-likeness (QED) is 0.807. The molecule has 25 heavy (non-hydrogen) atoms. The van der Waals surface area contributed by atoms with Crippen molar-refractivity contribution in [2.75, 3.05) is 11.6 Å². The largest absolute Gasteiger partial charge is 0.348 e. The second kappa shape index (κ2) is 7.78. The van der Waals surface area contributed by atoms with E-state index in [1.807, 2.05) is 49.8 Å². The van der Waals surface area contributed by atoms with Gasteiger partial charge < -0.3 is 15.2 Å². The molecule has 0 saturated heterocycles. The highest BCUT2D eigenvalue weighted by atomic mass is 32.2. The third kappa shape index (κ3) is 4.25. The maximum absolute atomic E-state index is 12.5. The lowest BCUT2D eigenvalue weighted by Crippen LogP contribution is -2.34. The second-order valence-electron chi connectivity index (χ2n) is 6.41. The average molecular weight is 357 g/mol. The summed E-state index contributed by atoms with van der Waals surface area (Å²) in [7, 11) is 1.85. The molecule has 0 unspecified atom stereocenters. The lowest BCUT2D eigenvalue weighted by Gasteiger charge is -2.14. The van der Waals surface area contributed by atoms with Crippen LogP contribution in [-0.4, -0.2) is 28.7 Å². The lowest BCUT2D eigenvalue weighted by atomic mass is 10.1. The van der Waals surface area contributed by atoms with E-state index in [1.54, 1.807) is 22.4 Å². The molecule has 1 aliphatic rings. The van der Waals surface area contributed by atoms with E-state index in [1.165, 1.54) is 0 Å². The summed E-state index contributed by atoms with van der Waals surface area (Å²) in [4.78, 5) is 25.9. The van der Waals surface area contributed by atoms with Crippen molar-refractivity contribution in [1.82, 2.24) is 9.88 Å². The summed E-state index contributed by atoms with van der Waals surface area (Å²) in [6.07, 6.45) is 6.18. The Morgan fingerprint density at radius 1 is 1.20 bits per heavy atom. The van der Waals surface area contributed by atoms with Crippen molar-refractivity contribution in [3.63, 3.8) is 0 Å². The van der Waals surface area contributed by atoms with Gasteiger partial charge in [-0.25, -0.2) is 0 Å². The Bertz CT molecular complexity index is 772. The Morgan fingerprint density at radius 2 is 2.04 bits per heavy atom. The first-order chi connectivity index (χ1) is 12.1.